The first-order valence-corrected chi connectivity index (χ1v) is 12.8. The second-order valence-electron chi connectivity index (χ2n) is 9.74. The zero-order valence-corrected chi connectivity index (χ0v) is 22.6. The second kappa shape index (κ2) is 13.5. The number of carbonyl (C=O) groups is 1. The molecule has 3 fully saturated rings. The Bertz CT molecular complexity index is 756. The number of hydrogen-bond acceptors (Lipinski definition) is 3. The number of nitrogens with zero attached hydrogens (tertiary/aromatic N) is 3. The highest BCUT2D eigenvalue weighted by molar-refractivity contribution is 14.0. The van der Waals surface area contributed by atoms with E-state index in [0.717, 1.165) is 51.4 Å². The van der Waals surface area contributed by atoms with E-state index in [1.165, 1.54) is 56.3 Å². The van der Waals surface area contributed by atoms with Gasteiger partial charge in [0.25, 0.3) is 0 Å². The maximum atomic E-state index is 12.7. The molecule has 4 rings (SSSR count). The number of guanidine groups is 1. The summed E-state index contributed by atoms with van der Waals surface area (Å²) >= 11 is 0. The number of nitrogens with one attached hydrogen (secondary N) is 2. The van der Waals surface area contributed by atoms with Gasteiger partial charge in [-0.15, -0.1) is 24.0 Å². The van der Waals surface area contributed by atoms with Gasteiger partial charge in [0.2, 0.25) is 5.91 Å². The van der Waals surface area contributed by atoms with Gasteiger partial charge in [0.1, 0.15) is 0 Å². The number of amides is 1. The Morgan fingerprint density at radius 2 is 1.67 bits per heavy atom. The summed E-state index contributed by atoms with van der Waals surface area (Å²) in [5.74, 6) is 1.50. The van der Waals surface area contributed by atoms with Crippen LogP contribution >= 0.6 is 24.0 Å². The molecule has 2 N–H and O–H groups in total. The Morgan fingerprint density at radius 1 is 0.970 bits per heavy atom. The molecule has 0 radical (unpaired) electrons. The minimum absolute atomic E-state index is 0. The molecule has 0 aromatic heterocycles. The molecule has 1 aliphatic carbocycles. The molecule has 1 amide bonds. The maximum absolute atomic E-state index is 12.7. The molecule has 1 atom stereocenters. The number of carbonyl (C=O) groups excluding carboxylic acids is 1. The molecule has 7 heteroatoms. The van der Waals surface area contributed by atoms with Crippen molar-refractivity contribution in [2.45, 2.75) is 77.4 Å². The number of halogens is 1. The van der Waals surface area contributed by atoms with Gasteiger partial charge in [0, 0.05) is 38.1 Å². The van der Waals surface area contributed by atoms with Gasteiger partial charge >= 0.3 is 0 Å². The predicted octanol–water partition coefficient (Wildman–Crippen LogP) is 4.14. The SMILES string of the molecule is CCNC(=NCc1ccc(CN2CCCCC2)cc1)NC1CCN(C(=O)C2CCCC2)C1.I. The van der Waals surface area contributed by atoms with Crippen molar-refractivity contribution >= 4 is 35.8 Å². The van der Waals surface area contributed by atoms with Gasteiger partial charge in [-0.05, 0) is 63.2 Å². The van der Waals surface area contributed by atoms with Crippen LogP contribution in [0.1, 0.15) is 69.4 Å². The van der Waals surface area contributed by atoms with Crippen molar-refractivity contribution in [3.63, 3.8) is 0 Å². The lowest BCUT2D eigenvalue weighted by atomic mass is 10.1. The highest BCUT2D eigenvalue weighted by atomic mass is 127. The van der Waals surface area contributed by atoms with Gasteiger partial charge in [-0.1, -0.05) is 43.5 Å². The average Bonchev–Trinajstić information content (AvgIpc) is 3.52. The summed E-state index contributed by atoms with van der Waals surface area (Å²) in [6.45, 7) is 8.77. The van der Waals surface area contributed by atoms with Crippen molar-refractivity contribution in [1.29, 1.82) is 0 Å². The van der Waals surface area contributed by atoms with Crippen LogP contribution in [-0.4, -0.2) is 60.4 Å². The summed E-state index contributed by atoms with van der Waals surface area (Å²) in [5, 5.41) is 6.94. The molecule has 0 spiro atoms. The van der Waals surface area contributed by atoms with E-state index in [-0.39, 0.29) is 35.9 Å². The third-order valence-electron chi connectivity index (χ3n) is 7.19. The summed E-state index contributed by atoms with van der Waals surface area (Å²) in [4.78, 5) is 22.2. The smallest absolute Gasteiger partial charge is 0.225 e. The fourth-order valence-electron chi connectivity index (χ4n) is 5.32. The van der Waals surface area contributed by atoms with E-state index < -0.39 is 0 Å². The quantitative estimate of drug-likeness (QED) is 0.296. The van der Waals surface area contributed by atoms with E-state index in [1.54, 1.807) is 0 Å². The number of benzene rings is 1. The molecule has 3 aliphatic rings. The Balaban J connectivity index is 0.00000306. The normalized spacial score (nSPS) is 22.3. The van der Waals surface area contributed by atoms with Crippen LogP contribution in [0.2, 0.25) is 0 Å². The van der Waals surface area contributed by atoms with E-state index in [4.69, 9.17) is 4.99 Å². The zero-order valence-electron chi connectivity index (χ0n) is 20.2. The molecular formula is C26H42IN5O. The standard InChI is InChI=1S/C26H41N5O.HI/c1-2-27-26(29-24-14-17-31(20-24)25(32)23-8-4-5-9-23)28-18-21-10-12-22(13-11-21)19-30-15-6-3-7-16-30;/h10-13,23-24H,2-9,14-20H2,1H3,(H2,27,28,29);1H. The van der Waals surface area contributed by atoms with Gasteiger partial charge in [0.05, 0.1) is 6.54 Å². The predicted molar refractivity (Wildman–Crippen MR) is 146 cm³/mol. The summed E-state index contributed by atoms with van der Waals surface area (Å²) in [5.41, 5.74) is 2.62. The Kier molecular flexibility index (Phi) is 10.8. The van der Waals surface area contributed by atoms with Crippen molar-refractivity contribution in [2.75, 3.05) is 32.7 Å². The van der Waals surface area contributed by atoms with Gasteiger partial charge in [-0.2, -0.15) is 0 Å². The fourth-order valence-corrected chi connectivity index (χ4v) is 5.32. The number of aliphatic imine (C=N–C) groups is 1. The monoisotopic (exact) mass is 567 g/mol. The number of rotatable bonds is 7. The number of piperidine rings is 1. The average molecular weight is 568 g/mol. The van der Waals surface area contributed by atoms with E-state index in [0.29, 0.717) is 12.5 Å². The van der Waals surface area contributed by atoms with Crippen LogP contribution in [-0.2, 0) is 17.9 Å². The minimum atomic E-state index is 0. The van der Waals surface area contributed by atoms with Crippen molar-refractivity contribution in [2.24, 2.45) is 10.9 Å². The largest absolute Gasteiger partial charge is 0.357 e. The summed E-state index contributed by atoms with van der Waals surface area (Å²) in [6, 6.07) is 9.21. The van der Waals surface area contributed by atoms with Gasteiger partial charge in [-0.25, -0.2) is 4.99 Å². The first-order chi connectivity index (χ1) is 15.7. The molecule has 1 saturated carbocycles. The summed E-state index contributed by atoms with van der Waals surface area (Å²) in [6.07, 6.45) is 9.62. The molecule has 2 saturated heterocycles. The van der Waals surface area contributed by atoms with Crippen LogP contribution in [0.3, 0.4) is 0 Å². The van der Waals surface area contributed by atoms with Crippen molar-refractivity contribution in [3.8, 4) is 0 Å². The third kappa shape index (κ3) is 7.84. The molecule has 2 aliphatic heterocycles. The lowest BCUT2D eigenvalue weighted by Gasteiger charge is -2.26. The van der Waals surface area contributed by atoms with Crippen LogP contribution in [0.15, 0.2) is 29.3 Å². The molecule has 184 valence electrons. The summed E-state index contributed by atoms with van der Waals surface area (Å²) in [7, 11) is 0. The zero-order chi connectivity index (χ0) is 22.2. The van der Waals surface area contributed by atoms with Gasteiger partial charge < -0.3 is 15.5 Å². The van der Waals surface area contributed by atoms with E-state index >= 15 is 0 Å². The molecule has 1 aromatic rings. The molecular weight excluding hydrogens is 525 g/mol. The van der Waals surface area contributed by atoms with Crippen molar-refractivity contribution in [3.05, 3.63) is 35.4 Å². The van der Waals surface area contributed by atoms with Gasteiger partial charge in [0.15, 0.2) is 5.96 Å². The second-order valence-corrected chi connectivity index (χ2v) is 9.74. The van der Waals surface area contributed by atoms with Crippen molar-refractivity contribution in [1.82, 2.24) is 20.4 Å². The molecule has 1 unspecified atom stereocenters. The van der Waals surface area contributed by atoms with Crippen LogP contribution in [0.4, 0.5) is 0 Å². The molecule has 2 heterocycles. The molecule has 6 nitrogen and oxygen atoms in total. The highest BCUT2D eigenvalue weighted by Crippen LogP contribution is 2.27. The topological polar surface area (TPSA) is 60.0 Å². The molecule has 33 heavy (non-hydrogen) atoms. The van der Waals surface area contributed by atoms with Gasteiger partial charge in [-0.3, -0.25) is 9.69 Å². The number of hydrogen-bond donors (Lipinski definition) is 2. The van der Waals surface area contributed by atoms with Crippen LogP contribution in [0.5, 0.6) is 0 Å². The highest BCUT2D eigenvalue weighted by Gasteiger charge is 2.32. The van der Waals surface area contributed by atoms with Crippen molar-refractivity contribution < 1.29 is 4.79 Å². The number of likely N-dealkylation sites (tertiary alicyclic amines) is 2. The first-order valence-electron chi connectivity index (χ1n) is 12.8. The van der Waals surface area contributed by atoms with E-state index in [9.17, 15) is 4.79 Å². The van der Waals surface area contributed by atoms with Crippen LogP contribution < -0.4 is 10.6 Å². The van der Waals surface area contributed by atoms with E-state index in [1.807, 2.05) is 0 Å². The third-order valence-corrected chi connectivity index (χ3v) is 7.19. The lowest BCUT2D eigenvalue weighted by Crippen LogP contribution is -2.45. The Labute approximate surface area is 217 Å². The molecule has 1 aromatic carbocycles. The Hall–Kier alpha value is -1.35. The lowest BCUT2D eigenvalue weighted by molar-refractivity contribution is -0.134. The van der Waals surface area contributed by atoms with E-state index in [2.05, 4.69) is 51.6 Å². The fraction of sp³-hybridized carbons (Fsp3) is 0.692. The first kappa shape index (κ1) is 26.3. The van der Waals surface area contributed by atoms with Crippen LogP contribution in [0.25, 0.3) is 0 Å². The summed E-state index contributed by atoms with van der Waals surface area (Å²) < 4.78 is 0. The molecule has 0 bridgehead atoms. The minimum Gasteiger partial charge on any atom is -0.357 e. The maximum Gasteiger partial charge on any atom is 0.225 e. The Morgan fingerprint density at radius 3 is 2.36 bits per heavy atom. The van der Waals surface area contributed by atoms with Crippen LogP contribution in [0, 0.1) is 5.92 Å².